The molecule has 10 unspecified atom stereocenters. The molecule has 28 nitrogen and oxygen atoms in total. The minimum Gasteiger partial charge on any atom is -0.383 e. The van der Waals surface area contributed by atoms with Crippen LogP contribution in [-0.2, 0) is 0 Å². The van der Waals surface area contributed by atoms with Crippen molar-refractivity contribution in [2.45, 2.75) is 150 Å². The molecule has 10 atom stereocenters. The minimum atomic E-state index is -2.97. The molecule has 28 N–H and O–H groups in total. The highest BCUT2D eigenvalue weighted by molar-refractivity contribution is 5.98. The van der Waals surface area contributed by atoms with Gasteiger partial charge in [0.2, 0.25) is 23.8 Å². The topological polar surface area (TPSA) is 532 Å². The van der Waals surface area contributed by atoms with Gasteiger partial charge >= 0.3 is 0 Å². The van der Waals surface area contributed by atoms with E-state index in [1.807, 2.05) is 22.9 Å². The summed E-state index contributed by atoms with van der Waals surface area (Å²) in [7, 11) is 0. The molecule has 0 radical (unpaired) electrons. The molecule has 34 heteroatoms. The number of aromatic nitrogens is 8. The monoisotopic (exact) mass is 1120 g/mol. The van der Waals surface area contributed by atoms with Gasteiger partial charge in [-0.25, -0.2) is 46.3 Å². The summed E-state index contributed by atoms with van der Waals surface area (Å²) >= 11 is 0. The lowest BCUT2D eigenvalue weighted by Crippen LogP contribution is -2.55. The number of primary amides is 4. The molecule has 0 aromatic carbocycles. The maximum Gasteiger partial charge on any atom is 0.269 e. The van der Waals surface area contributed by atoms with E-state index in [0.29, 0.717) is 44.9 Å². The average molecular weight is 1120 g/mol. The van der Waals surface area contributed by atoms with Gasteiger partial charge in [-0.3, -0.25) is 19.2 Å². The van der Waals surface area contributed by atoms with Crippen LogP contribution in [0, 0.1) is 0 Å². The van der Waals surface area contributed by atoms with Crippen LogP contribution in [0.4, 0.5) is 73.4 Å². The Balaban J connectivity index is 0.000000200. The van der Waals surface area contributed by atoms with Crippen molar-refractivity contribution in [3.05, 3.63) is 47.0 Å². The third-order valence-electron chi connectivity index (χ3n) is 13.0. The normalized spacial score (nSPS) is 26.5. The number of nitrogens with zero attached hydrogens (tertiary/aromatic N) is 8. The zero-order valence-electron chi connectivity index (χ0n) is 45.7. The number of alkyl halides is 6. The fraction of sp³-hybridized carbons (Fsp3) is 0.545. The first-order chi connectivity index (χ1) is 38.7. The Kier molecular flexibility index (Phi) is 18.5. The number of nitrogens with one attached hydrogen (secondary N) is 4. The second-order valence-corrected chi connectivity index (χ2v) is 18.7. The van der Waals surface area contributed by atoms with E-state index in [0.717, 1.165) is 31.7 Å². The first kappa shape index (κ1) is 54.8. The van der Waals surface area contributed by atoms with Crippen LogP contribution in [0.3, 0.4) is 0 Å². The molecule has 78 heavy (non-hydrogen) atoms. The van der Waals surface area contributed by atoms with Gasteiger partial charge in [-0.05, 0) is 64.2 Å². The van der Waals surface area contributed by atoms with E-state index < -0.39 is 84.1 Å². The van der Waals surface area contributed by atoms with E-state index in [1.54, 1.807) is 0 Å². The maximum atomic E-state index is 13.9. The number of hydrogen-bond acceptors (Lipinski definition) is 24. The SMILES string of the molecule is [3H]Nc1nc(NC2C(N)CCCC2(F)F)ncc1C(N)=O.[3H]Nc1nc(NC2C(N)CCCC2F)ncc1C(N)=O.[3H]Nc1nc(NC2CCCC(F)(F)C2N)ncc1C(N)=O.[3H]Nc1nc(NC2CCCC(F)C2N)ncc1C(N)=O. The van der Waals surface area contributed by atoms with Crippen molar-refractivity contribution in [3.8, 4) is 0 Å². The summed E-state index contributed by atoms with van der Waals surface area (Å²) in [4.78, 5) is 75.4. The highest BCUT2D eigenvalue weighted by atomic mass is 19.3. The van der Waals surface area contributed by atoms with E-state index in [4.69, 9.17) is 51.5 Å². The Morgan fingerprint density at radius 1 is 0.487 bits per heavy atom. The lowest BCUT2D eigenvalue weighted by atomic mass is 9.87. The van der Waals surface area contributed by atoms with E-state index in [1.165, 1.54) is 12.4 Å². The Morgan fingerprint density at radius 2 is 0.859 bits per heavy atom. The molecule has 4 heterocycles. The van der Waals surface area contributed by atoms with Crippen LogP contribution < -0.4 is 90.0 Å². The molecule has 4 aromatic heterocycles. The predicted molar refractivity (Wildman–Crippen MR) is 276 cm³/mol. The summed E-state index contributed by atoms with van der Waals surface area (Å²) in [5.41, 5.74) is 51.2. The summed E-state index contributed by atoms with van der Waals surface area (Å²) < 4.78 is 111. The Labute approximate surface area is 447 Å². The van der Waals surface area contributed by atoms with Crippen molar-refractivity contribution in [1.29, 1.82) is 0 Å². The molecule has 0 spiro atoms. The predicted octanol–water partition coefficient (Wildman–Crippen LogP) is -0.256. The lowest BCUT2D eigenvalue weighted by molar-refractivity contribution is -0.0555. The van der Waals surface area contributed by atoms with Gasteiger partial charge in [-0.1, -0.05) is 0 Å². The second kappa shape index (κ2) is 26.4. The number of amides is 4. The van der Waals surface area contributed by atoms with Gasteiger partial charge in [0.1, 0.15) is 41.7 Å². The van der Waals surface area contributed by atoms with E-state index in [-0.39, 0.29) is 94.2 Å². The molecule has 428 valence electrons. The van der Waals surface area contributed by atoms with Crippen LogP contribution in [0.15, 0.2) is 24.8 Å². The molecule has 8 rings (SSSR count). The molecule has 0 saturated heterocycles. The van der Waals surface area contributed by atoms with E-state index in [9.17, 15) is 45.5 Å². The van der Waals surface area contributed by atoms with Crippen LogP contribution in [0.2, 0.25) is 5.65 Å². The fourth-order valence-electron chi connectivity index (χ4n) is 8.64. The van der Waals surface area contributed by atoms with Crippen LogP contribution >= 0.6 is 0 Å². The lowest BCUT2D eigenvalue weighted by Gasteiger charge is -2.36. The maximum absolute atomic E-state index is 13.9. The molecule has 4 saturated carbocycles. The summed E-state index contributed by atoms with van der Waals surface area (Å²) in [5, 5.41) is 11.0. The first-order valence-corrected chi connectivity index (χ1v) is 24.3. The van der Waals surface area contributed by atoms with Crippen molar-refractivity contribution in [2.75, 3.05) is 44.2 Å². The number of anilines is 8. The van der Waals surface area contributed by atoms with Gasteiger partial charge in [0.05, 0.1) is 46.4 Å². The zero-order chi connectivity index (χ0) is 60.6. The van der Waals surface area contributed by atoms with Gasteiger partial charge in [0.15, 0.2) is 5.65 Å². The molecule has 4 aliphatic rings. The van der Waals surface area contributed by atoms with Gasteiger partial charge < -0.3 is 90.0 Å². The number of nitrogens with two attached hydrogens (primary N) is 12. The third kappa shape index (κ3) is 16.0. The van der Waals surface area contributed by atoms with E-state index in [2.05, 4.69) is 61.1 Å². The van der Waals surface area contributed by atoms with Gasteiger partial charge in [0.25, 0.3) is 35.5 Å². The highest BCUT2D eigenvalue weighted by Gasteiger charge is 2.47. The first-order valence-electron chi connectivity index (χ1n) is 26.3. The number of carbonyl (C=O) groups excluding carboxylic acids is 4. The second-order valence-electron chi connectivity index (χ2n) is 18.7. The summed E-state index contributed by atoms with van der Waals surface area (Å²) in [6.07, 6.45) is 7.40. The summed E-state index contributed by atoms with van der Waals surface area (Å²) in [6.45, 7) is 0. The van der Waals surface area contributed by atoms with Gasteiger partial charge in [-0.2, -0.15) is 19.9 Å². The molecule has 4 fully saturated rings. The molecular formula is C44H66F6N24O4. The highest BCUT2D eigenvalue weighted by Crippen LogP contribution is 2.35. The summed E-state index contributed by atoms with van der Waals surface area (Å²) in [5.74, 6) is -9.16. The van der Waals surface area contributed by atoms with Crippen LogP contribution in [-0.4, -0.2) is 136 Å². The van der Waals surface area contributed by atoms with Crippen molar-refractivity contribution in [1.82, 2.24) is 39.9 Å². The number of hydrogen-bond donors (Lipinski definition) is 16. The molecule has 0 bridgehead atoms. The standard InChI is InChI=1S/2C11H16F2N6O.2C11H17FN6O/c12-11(13)3-1-2-6(7(11)14)18-10-17-4-5(9(16)20)8(15)19-10;12-11(13)3-1-2-6(14)7(11)18-10-17-4-5(9(16)20)8(15)19-10;12-6-2-1-3-7(8(6)13)17-11-16-4-5(10(15)19)9(14)18-11;12-6-2-1-3-7(13)8(6)17-11-16-4-5(10(15)19)9(14)18-11/h2*4,6-7H,1-3,14H2,(H2,16,20)(H3,15,17,18,19);2*4,6-8H,1-3,13H2,(H2,15,19)(H3,14,16,17,18)/i/hT4. The summed E-state index contributed by atoms with van der Waals surface area (Å²) in [6, 6.07) is -5.89. The van der Waals surface area contributed by atoms with Crippen molar-refractivity contribution < 1.29 is 51.2 Å². The number of nitrogen functional groups attached to an aromatic ring is 4. The Morgan fingerprint density at radius 3 is 1.29 bits per heavy atom. The number of rotatable bonds is 16. The van der Waals surface area contributed by atoms with Crippen molar-refractivity contribution in [2.24, 2.45) is 45.9 Å². The third-order valence-corrected chi connectivity index (χ3v) is 13.0. The van der Waals surface area contributed by atoms with Crippen LogP contribution in [0.5, 0.6) is 0 Å². The zero-order valence-corrected chi connectivity index (χ0v) is 41.7. The molecular weight excluding hydrogens is 1040 g/mol. The fourth-order valence-corrected chi connectivity index (χ4v) is 8.64. The minimum absolute atomic E-state index is 0.00354. The number of carbonyl (C=O) groups is 4. The van der Waals surface area contributed by atoms with Gasteiger partial charge in [0, 0.05) is 55.8 Å². The average Bonchev–Trinajstić information content (AvgIpc) is 3.63. The molecule has 4 amide bonds. The van der Waals surface area contributed by atoms with E-state index >= 15 is 0 Å². The van der Waals surface area contributed by atoms with Crippen molar-refractivity contribution >= 4 is 70.7 Å². The quantitative estimate of drug-likeness (QED) is 0.0643. The van der Waals surface area contributed by atoms with Gasteiger partial charge in [-0.15, -0.1) is 0 Å². The van der Waals surface area contributed by atoms with Crippen molar-refractivity contribution in [3.63, 3.8) is 0 Å². The largest absolute Gasteiger partial charge is 0.383 e. The smallest absolute Gasteiger partial charge is 0.269 e. The van der Waals surface area contributed by atoms with Crippen LogP contribution in [0.1, 0.15) is 118 Å². The molecule has 4 aromatic rings. The Hall–Kier alpha value is -7.98. The number of halogens is 6. The Bertz CT molecular complexity index is 2820. The molecule has 4 aliphatic carbocycles. The van der Waals surface area contributed by atoms with Crippen LogP contribution in [0.25, 0.3) is 0 Å². The molecule has 0 aliphatic heterocycles.